The van der Waals surface area contributed by atoms with Crippen LogP contribution in [0, 0.1) is 20.8 Å². The molecule has 2 N–H and O–H groups in total. The Bertz CT molecular complexity index is 750. The summed E-state index contributed by atoms with van der Waals surface area (Å²) in [7, 11) is 0. The number of carbonyl (C=O) groups is 1. The highest BCUT2D eigenvalue weighted by Gasteiger charge is 2.22. The molecular formula is C19H27N5O. The molecule has 0 spiro atoms. The summed E-state index contributed by atoms with van der Waals surface area (Å²) in [6, 6.07) is 8.59. The second-order valence-corrected chi connectivity index (χ2v) is 6.86. The Morgan fingerprint density at radius 2 is 2.00 bits per heavy atom. The van der Waals surface area contributed by atoms with Gasteiger partial charge in [0.1, 0.15) is 0 Å². The fraction of sp³-hybridized carbons (Fsp3) is 0.474. The topological polar surface area (TPSA) is 62.2 Å². The molecule has 0 bridgehead atoms. The van der Waals surface area contributed by atoms with E-state index in [4.69, 9.17) is 0 Å². The fourth-order valence-electron chi connectivity index (χ4n) is 3.24. The van der Waals surface area contributed by atoms with Crippen molar-refractivity contribution >= 4 is 11.6 Å². The van der Waals surface area contributed by atoms with E-state index in [1.54, 1.807) is 0 Å². The summed E-state index contributed by atoms with van der Waals surface area (Å²) in [6.45, 7) is 11.3. The SMILES string of the molecule is Cc1ccc(-n2nc(C)c(NC(=O)CN3CCNC[C@H]3C)c2C)cc1. The number of aromatic nitrogens is 2. The monoisotopic (exact) mass is 341 g/mol. The number of piperazine rings is 1. The third-order valence-electron chi connectivity index (χ3n) is 4.82. The Labute approximate surface area is 149 Å². The molecule has 1 saturated heterocycles. The summed E-state index contributed by atoms with van der Waals surface area (Å²) in [5.41, 5.74) is 4.81. The average molecular weight is 341 g/mol. The number of nitrogens with zero attached hydrogens (tertiary/aromatic N) is 3. The molecule has 2 heterocycles. The van der Waals surface area contributed by atoms with E-state index in [2.05, 4.69) is 46.6 Å². The number of carbonyl (C=O) groups excluding carboxylic acids is 1. The van der Waals surface area contributed by atoms with E-state index < -0.39 is 0 Å². The van der Waals surface area contributed by atoms with E-state index >= 15 is 0 Å². The van der Waals surface area contributed by atoms with Gasteiger partial charge >= 0.3 is 0 Å². The van der Waals surface area contributed by atoms with Gasteiger partial charge in [0.2, 0.25) is 5.91 Å². The molecule has 1 aliphatic heterocycles. The first-order valence-electron chi connectivity index (χ1n) is 8.83. The summed E-state index contributed by atoms with van der Waals surface area (Å²) < 4.78 is 1.89. The molecule has 25 heavy (non-hydrogen) atoms. The van der Waals surface area contributed by atoms with Gasteiger partial charge in [-0.1, -0.05) is 17.7 Å². The molecule has 6 nitrogen and oxygen atoms in total. The molecule has 134 valence electrons. The van der Waals surface area contributed by atoms with Gasteiger partial charge in [-0.3, -0.25) is 9.69 Å². The zero-order valence-electron chi connectivity index (χ0n) is 15.5. The van der Waals surface area contributed by atoms with Crippen molar-refractivity contribution in [1.29, 1.82) is 0 Å². The van der Waals surface area contributed by atoms with Gasteiger partial charge in [0.05, 0.1) is 29.3 Å². The van der Waals surface area contributed by atoms with Crippen LogP contribution in [0.15, 0.2) is 24.3 Å². The van der Waals surface area contributed by atoms with Gasteiger partial charge in [-0.15, -0.1) is 0 Å². The van der Waals surface area contributed by atoms with Crippen LogP contribution in [-0.2, 0) is 4.79 Å². The second-order valence-electron chi connectivity index (χ2n) is 6.86. The Balaban J connectivity index is 1.74. The van der Waals surface area contributed by atoms with Gasteiger partial charge in [0, 0.05) is 25.7 Å². The first-order chi connectivity index (χ1) is 12.0. The highest BCUT2D eigenvalue weighted by atomic mass is 16.2. The van der Waals surface area contributed by atoms with Gasteiger partial charge in [0.15, 0.2) is 0 Å². The minimum Gasteiger partial charge on any atom is -0.322 e. The molecule has 0 radical (unpaired) electrons. The molecule has 1 aromatic carbocycles. The molecule has 1 atom stereocenters. The van der Waals surface area contributed by atoms with Gasteiger partial charge in [-0.25, -0.2) is 4.68 Å². The largest absolute Gasteiger partial charge is 0.322 e. The van der Waals surface area contributed by atoms with Crippen LogP contribution >= 0.6 is 0 Å². The minimum atomic E-state index is 0.0170. The number of nitrogens with one attached hydrogen (secondary N) is 2. The summed E-state index contributed by atoms with van der Waals surface area (Å²) in [4.78, 5) is 14.7. The van der Waals surface area contributed by atoms with E-state index in [0.29, 0.717) is 12.6 Å². The molecule has 1 aliphatic rings. The first kappa shape index (κ1) is 17.6. The van der Waals surface area contributed by atoms with Crippen LogP contribution < -0.4 is 10.6 Å². The van der Waals surface area contributed by atoms with Crippen molar-refractivity contribution < 1.29 is 4.79 Å². The lowest BCUT2D eigenvalue weighted by Gasteiger charge is -2.33. The summed E-state index contributed by atoms with van der Waals surface area (Å²) in [5.74, 6) is 0.0170. The van der Waals surface area contributed by atoms with Crippen molar-refractivity contribution in [3.8, 4) is 5.69 Å². The average Bonchev–Trinajstić information content (AvgIpc) is 2.86. The van der Waals surface area contributed by atoms with Crippen molar-refractivity contribution in [3.05, 3.63) is 41.2 Å². The van der Waals surface area contributed by atoms with Crippen LogP contribution in [0.1, 0.15) is 23.9 Å². The third kappa shape index (κ3) is 3.91. The van der Waals surface area contributed by atoms with Crippen molar-refractivity contribution in [2.45, 2.75) is 33.7 Å². The van der Waals surface area contributed by atoms with Crippen LogP contribution in [0.5, 0.6) is 0 Å². The van der Waals surface area contributed by atoms with Crippen LogP contribution in [0.4, 0.5) is 5.69 Å². The van der Waals surface area contributed by atoms with Crippen LogP contribution in [0.3, 0.4) is 0 Å². The number of anilines is 1. The minimum absolute atomic E-state index is 0.0170. The van der Waals surface area contributed by atoms with E-state index in [1.807, 2.05) is 30.7 Å². The van der Waals surface area contributed by atoms with E-state index in [9.17, 15) is 4.79 Å². The molecule has 3 rings (SSSR count). The predicted octanol–water partition coefficient (Wildman–Crippen LogP) is 2.03. The van der Waals surface area contributed by atoms with Crippen molar-refractivity contribution in [1.82, 2.24) is 20.0 Å². The van der Waals surface area contributed by atoms with Crippen molar-refractivity contribution in [3.63, 3.8) is 0 Å². The normalized spacial score (nSPS) is 18.3. The molecule has 1 fully saturated rings. The van der Waals surface area contributed by atoms with Crippen LogP contribution in [0.2, 0.25) is 0 Å². The summed E-state index contributed by atoms with van der Waals surface area (Å²) in [5, 5.41) is 11.0. The molecule has 0 aliphatic carbocycles. The fourth-order valence-corrected chi connectivity index (χ4v) is 3.24. The summed E-state index contributed by atoms with van der Waals surface area (Å²) >= 11 is 0. The second kappa shape index (κ2) is 7.37. The number of rotatable bonds is 4. The lowest BCUT2D eigenvalue weighted by Crippen LogP contribution is -2.52. The predicted molar refractivity (Wildman–Crippen MR) is 100 cm³/mol. The quantitative estimate of drug-likeness (QED) is 0.893. The van der Waals surface area contributed by atoms with Crippen molar-refractivity contribution in [2.24, 2.45) is 0 Å². The molecular weight excluding hydrogens is 314 g/mol. The maximum Gasteiger partial charge on any atom is 0.238 e. The number of hydrogen-bond donors (Lipinski definition) is 2. The smallest absolute Gasteiger partial charge is 0.238 e. The Kier molecular flexibility index (Phi) is 5.20. The first-order valence-corrected chi connectivity index (χ1v) is 8.83. The maximum atomic E-state index is 12.5. The molecule has 1 amide bonds. The zero-order valence-corrected chi connectivity index (χ0v) is 15.5. The molecule has 0 unspecified atom stereocenters. The van der Waals surface area contributed by atoms with Crippen LogP contribution in [-0.4, -0.2) is 52.8 Å². The molecule has 6 heteroatoms. The van der Waals surface area contributed by atoms with Crippen LogP contribution in [0.25, 0.3) is 5.69 Å². The zero-order chi connectivity index (χ0) is 18.0. The molecule has 0 saturated carbocycles. The number of aryl methyl sites for hydroxylation is 2. The van der Waals surface area contributed by atoms with Gasteiger partial charge in [0.25, 0.3) is 0 Å². The maximum absolute atomic E-state index is 12.5. The molecule has 1 aromatic heterocycles. The van der Waals surface area contributed by atoms with E-state index in [-0.39, 0.29) is 5.91 Å². The highest BCUT2D eigenvalue weighted by Crippen LogP contribution is 2.23. The highest BCUT2D eigenvalue weighted by molar-refractivity contribution is 5.93. The standard InChI is InChI=1S/C19H27N5O/c1-13-5-7-17(8-6-13)24-16(4)19(15(3)22-24)21-18(25)12-23-10-9-20-11-14(23)2/h5-8,14,20H,9-12H2,1-4H3,(H,21,25)/t14-/m1/s1. The summed E-state index contributed by atoms with van der Waals surface area (Å²) in [6.07, 6.45) is 0. The number of benzene rings is 1. The van der Waals surface area contributed by atoms with Gasteiger partial charge < -0.3 is 10.6 Å². The van der Waals surface area contributed by atoms with E-state index in [1.165, 1.54) is 5.56 Å². The van der Waals surface area contributed by atoms with Gasteiger partial charge in [-0.2, -0.15) is 5.10 Å². The third-order valence-corrected chi connectivity index (χ3v) is 4.82. The number of hydrogen-bond acceptors (Lipinski definition) is 4. The van der Waals surface area contributed by atoms with Gasteiger partial charge in [-0.05, 0) is 39.8 Å². The lowest BCUT2D eigenvalue weighted by atomic mass is 10.2. The van der Waals surface area contributed by atoms with E-state index in [0.717, 1.165) is 42.4 Å². The Hall–Kier alpha value is -2.18. The Morgan fingerprint density at radius 1 is 1.28 bits per heavy atom. The van der Waals surface area contributed by atoms with Crippen molar-refractivity contribution in [2.75, 3.05) is 31.5 Å². The number of amides is 1. The molecule has 2 aromatic rings. The lowest BCUT2D eigenvalue weighted by molar-refractivity contribution is -0.118. The Morgan fingerprint density at radius 3 is 2.68 bits per heavy atom.